The van der Waals surface area contributed by atoms with Crippen LogP contribution in [0.3, 0.4) is 0 Å². The zero-order valence-electron chi connectivity index (χ0n) is 10.9. The third-order valence-electron chi connectivity index (χ3n) is 2.83. The first-order chi connectivity index (χ1) is 8.78. The van der Waals surface area contributed by atoms with E-state index in [-0.39, 0.29) is 0 Å². The minimum atomic E-state index is 0.721. The summed E-state index contributed by atoms with van der Waals surface area (Å²) in [6.07, 6.45) is 2.67. The monoisotopic (exact) mass is 243 g/mol. The first-order valence-corrected chi connectivity index (χ1v) is 5.96. The predicted molar refractivity (Wildman–Crippen MR) is 72.9 cm³/mol. The summed E-state index contributed by atoms with van der Waals surface area (Å²) in [6.45, 7) is 2.10. The van der Waals surface area contributed by atoms with E-state index < -0.39 is 0 Å². The zero-order valence-corrected chi connectivity index (χ0v) is 10.9. The molecule has 0 aliphatic rings. The summed E-state index contributed by atoms with van der Waals surface area (Å²) in [5, 5.41) is 3.01. The van der Waals surface area contributed by atoms with Gasteiger partial charge in [0.05, 0.1) is 7.11 Å². The van der Waals surface area contributed by atoms with Crippen molar-refractivity contribution in [3.05, 3.63) is 36.0 Å². The van der Waals surface area contributed by atoms with Crippen molar-refractivity contribution in [2.75, 3.05) is 19.5 Å². The van der Waals surface area contributed by atoms with Gasteiger partial charge in [-0.2, -0.15) is 0 Å². The molecule has 1 N–H and O–H groups in total. The van der Waals surface area contributed by atoms with Crippen LogP contribution in [0.1, 0.15) is 12.5 Å². The Morgan fingerprint density at radius 1 is 1.28 bits per heavy atom. The van der Waals surface area contributed by atoms with Gasteiger partial charge in [0, 0.05) is 18.8 Å². The third-order valence-corrected chi connectivity index (χ3v) is 2.83. The number of hydrogen-bond acceptors (Lipinski definition) is 4. The highest BCUT2D eigenvalue weighted by Crippen LogP contribution is 2.25. The van der Waals surface area contributed by atoms with Crippen LogP contribution in [0.4, 0.5) is 5.82 Å². The average molecular weight is 243 g/mol. The second-order valence-corrected chi connectivity index (χ2v) is 3.90. The number of rotatable bonds is 4. The fourth-order valence-electron chi connectivity index (χ4n) is 1.83. The maximum Gasteiger partial charge on any atom is 0.161 e. The van der Waals surface area contributed by atoms with Gasteiger partial charge >= 0.3 is 0 Å². The van der Waals surface area contributed by atoms with Gasteiger partial charge in [-0.3, -0.25) is 0 Å². The Labute approximate surface area is 107 Å². The van der Waals surface area contributed by atoms with Gasteiger partial charge in [-0.1, -0.05) is 6.92 Å². The standard InChI is InChI=1S/C14H17N3O/c1-4-10-9-11(5-6-12(10)18-3)14-16-8-7-13(15-2)17-14/h5-9H,4H2,1-3H3,(H,15,16,17). The van der Waals surface area contributed by atoms with Crippen molar-refractivity contribution in [1.29, 1.82) is 0 Å². The highest BCUT2D eigenvalue weighted by Gasteiger charge is 2.06. The fraction of sp³-hybridized carbons (Fsp3) is 0.286. The molecule has 1 aromatic carbocycles. The normalized spacial score (nSPS) is 10.2. The van der Waals surface area contributed by atoms with Crippen molar-refractivity contribution in [3.63, 3.8) is 0 Å². The number of nitrogens with zero attached hydrogens (tertiary/aromatic N) is 2. The summed E-state index contributed by atoms with van der Waals surface area (Å²) in [5.74, 6) is 2.44. The number of ether oxygens (including phenoxy) is 1. The van der Waals surface area contributed by atoms with Crippen molar-refractivity contribution < 1.29 is 4.74 Å². The van der Waals surface area contributed by atoms with Crippen LogP contribution in [0.15, 0.2) is 30.5 Å². The van der Waals surface area contributed by atoms with E-state index in [2.05, 4.69) is 28.3 Å². The molecular weight excluding hydrogens is 226 g/mol. The number of nitrogens with one attached hydrogen (secondary N) is 1. The molecule has 4 heteroatoms. The number of aryl methyl sites for hydroxylation is 1. The van der Waals surface area contributed by atoms with Gasteiger partial charge in [-0.25, -0.2) is 9.97 Å². The molecule has 0 unspecified atom stereocenters. The molecule has 2 rings (SSSR count). The Morgan fingerprint density at radius 3 is 2.78 bits per heavy atom. The van der Waals surface area contributed by atoms with E-state index in [9.17, 15) is 0 Å². The fourth-order valence-corrected chi connectivity index (χ4v) is 1.83. The summed E-state index contributed by atoms with van der Waals surface area (Å²) in [7, 11) is 3.53. The van der Waals surface area contributed by atoms with Crippen LogP contribution in [0.25, 0.3) is 11.4 Å². The van der Waals surface area contributed by atoms with E-state index in [4.69, 9.17) is 4.74 Å². The quantitative estimate of drug-likeness (QED) is 0.897. The van der Waals surface area contributed by atoms with Crippen molar-refractivity contribution >= 4 is 5.82 Å². The second-order valence-electron chi connectivity index (χ2n) is 3.90. The van der Waals surface area contributed by atoms with Crippen LogP contribution in [0, 0.1) is 0 Å². The van der Waals surface area contributed by atoms with Crippen LogP contribution < -0.4 is 10.1 Å². The van der Waals surface area contributed by atoms with Gasteiger partial charge < -0.3 is 10.1 Å². The van der Waals surface area contributed by atoms with E-state index in [0.29, 0.717) is 0 Å². The molecule has 1 aromatic heterocycles. The highest BCUT2D eigenvalue weighted by molar-refractivity contribution is 5.60. The van der Waals surface area contributed by atoms with Crippen LogP contribution in [0.5, 0.6) is 5.75 Å². The van der Waals surface area contributed by atoms with Gasteiger partial charge in [-0.05, 0) is 36.2 Å². The number of aromatic nitrogens is 2. The lowest BCUT2D eigenvalue weighted by molar-refractivity contribution is 0.410. The zero-order chi connectivity index (χ0) is 13.0. The molecule has 18 heavy (non-hydrogen) atoms. The van der Waals surface area contributed by atoms with Crippen LogP contribution in [-0.4, -0.2) is 24.1 Å². The number of methoxy groups -OCH3 is 1. The Balaban J connectivity index is 2.43. The topological polar surface area (TPSA) is 47.0 Å². The summed E-state index contributed by atoms with van der Waals surface area (Å²) in [6, 6.07) is 7.86. The van der Waals surface area contributed by atoms with Gasteiger partial charge in [0.15, 0.2) is 5.82 Å². The van der Waals surface area contributed by atoms with Crippen LogP contribution >= 0.6 is 0 Å². The molecule has 0 saturated heterocycles. The predicted octanol–water partition coefficient (Wildman–Crippen LogP) is 2.76. The first-order valence-electron chi connectivity index (χ1n) is 5.96. The molecule has 0 spiro atoms. The van der Waals surface area contributed by atoms with Gasteiger partial charge in [0.1, 0.15) is 11.6 Å². The maximum atomic E-state index is 5.32. The molecule has 1 heterocycles. The lowest BCUT2D eigenvalue weighted by Crippen LogP contribution is -1.97. The second kappa shape index (κ2) is 5.49. The van der Waals surface area contributed by atoms with Gasteiger partial charge in [0.25, 0.3) is 0 Å². The molecule has 0 atom stereocenters. The molecular formula is C14H17N3O. The average Bonchev–Trinajstić information content (AvgIpc) is 2.46. The molecule has 0 bridgehead atoms. The molecule has 0 radical (unpaired) electrons. The molecule has 0 fully saturated rings. The Hall–Kier alpha value is -2.10. The summed E-state index contributed by atoms with van der Waals surface area (Å²) >= 11 is 0. The minimum Gasteiger partial charge on any atom is -0.496 e. The Bertz CT molecular complexity index is 540. The third kappa shape index (κ3) is 2.42. The lowest BCUT2D eigenvalue weighted by Gasteiger charge is -2.09. The summed E-state index contributed by atoms with van der Waals surface area (Å²) < 4.78 is 5.32. The van der Waals surface area contributed by atoms with Gasteiger partial charge in [0.2, 0.25) is 0 Å². The summed E-state index contributed by atoms with van der Waals surface area (Å²) in [4.78, 5) is 8.73. The smallest absolute Gasteiger partial charge is 0.161 e. The molecule has 0 saturated carbocycles. The molecule has 0 amide bonds. The van der Waals surface area contributed by atoms with E-state index in [1.54, 1.807) is 13.3 Å². The number of hydrogen-bond donors (Lipinski definition) is 1. The summed E-state index contributed by atoms with van der Waals surface area (Å²) in [5.41, 5.74) is 2.17. The SMILES string of the molecule is CCc1cc(-c2nccc(NC)n2)ccc1OC. The number of anilines is 1. The lowest BCUT2D eigenvalue weighted by atomic mass is 10.1. The molecule has 0 aliphatic carbocycles. The molecule has 0 aliphatic heterocycles. The van der Waals surface area contributed by atoms with Crippen LogP contribution in [0.2, 0.25) is 0 Å². The van der Waals surface area contributed by atoms with E-state index >= 15 is 0 Å². The highest BCUT2D eigenvalue weighted by atomic mass is 16.5. The van der Waals surface area contributed by atoms with Crippen molar-refractivity contribution in [1.82, 2.24) is 9.97 Å². The molecule has 4 nitrogen and oxygen atoms in total. The number of benzene rings is 1. The van der Waals surface area contributed by atoms with Crippen LogP contribution in [-0.2, 0) is 6.42 Å². The Morgan fingerprint density at radius 2 is 2.11 bits per heavy atom. The first kappa shape index (κ1) is 12.4. The van der Waals surface area contributed by atoms with Gasteiger partial charge in [-0.15, -0.1) is 0 Å². The van der Waals surface area contributed by atoms with Crippen molar-refractivity contribution in [2.24, 2.45) is 0 Å². The molecule has 2 aromatic rings. The largest absolute Gasteiger partial charge is 0.496 e. The molecule has 94 valence electrons. The van der Waals surface area contributed by atoms with E-state index in [0.717, 1.165) is 34.9 Å². The van der Waals surface area contributed by atoms with E-state index in [1.165, 1.54) is 0 Å². The van der Waals surface area contributed by atoms with Crippen molar-refractivity contribution in [2.45, 2.75) is 13.3 Å². The Kier molecular flexibility index (Phi) is 3.77. The maximum absolute atomic E-state index is 5.32. The van der Waals surface area contributed by atoms with Crippen molar-refractivity contribution in [3.8, 4) is 17.1 Å². The minimum absolute atomic E-state index is 0.721. The van der Waals surface area contributed by atoms with E-state index in [1.807, 2.05) is 25.2 Å².